The van der Waals surface area contributed by atoms with Gasteiger partial charge in [0.25, 0.3) is 0 Å². The standard InChI is InChI=1S/C45H28N4.C42H27N3.C39H24N4/c1-2-11-32(12-3-1)41-28-42-36-14-6-8-16-39(36)47-45(49(42)48-41)34-24-20-30(21-25-34)29-18-22-33(23-19-29)44-38-27-26-31-10-4-5-13-35(31)43(38)37-15-7-9-17-40(37)46-44;1-2-14-33(15-3-1)45-39-20-9-8-19-38(39)44-42(45)32-13-10-12-31(27-32)28-21-23-30(24-22-28)41-36-26-25-29-11-4-5-16-34(29)40(36)35-17-6-7-18-37(35)43-41;1-2-12-26(13-3-1)35-24-36-30-17-6-8-19-33(30)41-39(43(36)42-35)28-15-10-14-27(23-28)38-32-22-21-25-11-4-5-16-29(25)37(32)31-18-7-9-20-34(31)40-38/h1-28H;1-27H;1-24H. The van der Waals surface area contributed by atoms with Crippen molar-refractivity contribution in [2.75, 3.05) is 0 Å². The fraction of sp³-hybridized carbons (Fsp3) is 0. The highest BCUT2D eigenvalue weighted by Crippen LogP contribution is 2.45. The van der Waals surface area contributed by atoms with Gasteiger partial charge in [-0.2, -0.15) is 10.2 Å². The maximum Gasteiger partial charge on any atom is 0.161 e. The molecule has 8 aromatic heterocycles. The van der Waals surface area contributed by atoms with Gasteiger partial charge in [-0.1, -0.05) is 400 Å². The van der Waals surface area contributed by atoms with Crippen molar-refractivity contribution in [3.63, 3.8) is 0 Å². The van der Waals surface area contributed by atoms with Crippen LogP contribution in [0.3, 0.4) is 0 Å². The van der Waals surface area contributed by atoms with Gasteiger partial charge in [-0.05, 0) is 133 Å². The molecule has 0 aliphatic rings. The van der Waals surface area contributed by atoms with Crippen molar-refractivity contribution in [2.24, 2.45) is 0 Å². The Kier molecular flexibility index (Phi) is 19.3. The minimum Gasteiger partial charge on any atom is -0.292 e. The Morgan fingerprint density at radius 1 is 0.153 bits per heavy atom. The van der Waals surface area contributed by atoms with Crippen LogP contribution in [0.4, 0.5) is 0 Å². The summed E-state index contributed by atoms with van der Waals surface area (Å²) in [6, 6.07) is 168. The zero-order chi connectivity index (χ0) is 90.4. The molecule has 0 saturated carbocycles. The number of hydrogen-bond donors (Lipinski definition) is 0. The van der Waals surface area contributed by atoms with Gasteiger partial charge in [0.1, 0.15) is 5.82 Å². The van der Waals surface area contributed by atoms with Crippen molar-refractivity contribution in [1.82, 2.24) is 53.7 Å². The highest BCUT2D eigenvalue weighted by molar-refractivity contribution is 6.25. The van der Waals surface area contributed by atoms with Gasteiger partial charge in [-0.3, -0.25) is 4.57 Å². The molecule has 638 valence electrons. The molecule has 0 N–H and O–H groups in total. The number of aromatic nitrogens is 11. The first-order valence-electron chi connectivity index (χ1n) is 46.3. The van der Waals surface area contributed by atoms with Crippen LogP contribution in [0.25, 0.3) is 260 Å². The molecule has 20 aromatic carbocycles. The topological polar surface area (TPSA) is 117 Å². The lowest BCUT2D eigenvalue weighted by Gasteiger charge is -2.14. The van der Waals surface area contributed by atoms with Crippen molar-refractivity contribution in [1.29, 1.82) is 0 Å². The van der Waals surface area contributed by atoms with Crippen molar-refractivity contribution in [2.45, 2.75) is 0 Å². The van der Waals surface area contributed by atoms with Crippen LogP contribution in [0, 0.1) is 0 Å². The van der Waals surface area contributed by atoms with Crippen molar-refractivity contribution in [3.8, 4) is 118 Å². The molecule has 28 aromatic rings. The van der Waals surface area contributed by atoms with E-state index in [1.165, 1.54) is 64.6 Å². The van der Waals surface area contributed by atoms with Gasteiger partial charge < -0.3 is 0 Å². The first-order chi connectivity index (χ1) is 67.9. The summed E-state index contributed by atoms with van der Waals surface area (Å²) in [7, 11) is 0. The summed E-state index contributed by atoms with van der Waals surface area (Å²) in [6.45, 7) is 0. The third-order valence-electron chi connectivity index (χ3n) is 26.8. The second kappa shape index (κ2) is 33.4. The van der Waals surface area contributed by atoms with E-state index in [1.807, 2.05) is 69.7 Å². The van der Waals surface area contributed by atoms with Gasteiger partial charge in [-0.15, -0.1) is 0 Å². The van der Waals surface area contributed by atoms with Crippen LogP contribution in [0.5, 0.6) is 0 Å². The second-order valence-corrected chi connectivity index (χ2v) is 34.8. The number of benzene rings is 20. The lowest BCUT2D eigenvalue weighted by atomic mass is 9.94. The van der Waals surface area contributed by atoms with Crippen molar-refractivity contribution >= 4 is 141 Å². The first-order valence-corrected chi connectivity index (χ1v) is 46.3. The number of rotatable bonds is 11. The van der Waals surface area contributed by atoms with Gasteiger partial charge in [-0.25, -0.2) is 38.9 Å². The molecule has 28 rings (SSSR count). The Morgan fingerprint density at radius 2 is 0.453 bits per heavy atom. The van der Waals surface area contributed by atoms with E-state index in [1.54, 1.807) is 0 Å². The van der Waals surface area contributed by atoms with Crippen LogP contribution in [-0.2, 0) is 0 Å². The summed E-state index contributed by atoms with van der Waals surface area (Å²) in [5.41, 5.74) is 28.0. The zero-order valence-corrected chi connectivity index (χ0v) is 74.0. The van der Waals surface area contributed by atoms with E-state index in [4.69, 9.17) is 40.1 Å². The minimum absolute atomic E-state index is 0.799. The molecule has 11 nitrogen and oxygen atoms in total. The summed E-state index contributed by atoms with van der Waals surface area (Å²) >= 11 is 0. The molecule has 0 atom stereocenters. The van der Waals surface area contributed by atoms with Gasteiger partial charge in [0, 0.05) is 109 Å². The smallest absolute Gasteiger partial charge is 0.161 e. The number of pyridine rings is 3. The summed E-state index contributed by atoms with van der Waals surface area (Å²) < 4.78 is 6.22. The maximum atomic E-state index is 5.23. The number of imidazole rings is 1. The highest BCUT2D eigenvalue weighted by Gasteiger charge is 2.24. The van der Waals surface area contributed by atoms with Crippen LogP contribution in [-0.4, -0.2) is 53.7 Å². The van der Waals surface area contributed by atoms with E-state index in [-0.39, 0.29) is 0 Å². The summed E-state index contributed by atoms with van der Waals surface area (Å²) in [5, 5.41) is 30.4. The van der Waals surface area contributed by atoms with Crippen LogP contribution in [0.1, 0.15) is 0 Å². The van der Waals surface area contributed by atoms with Crippen LogP contribution in [0.15, 0.2) is 479 Å². The lowest BCUT2D eigenvalue weighted by molar-refractivity contribution is 0.949. The molecule has 0 saturated heterocycles. The van der Waals surface area contributed by atoms with Gasteiger partial charge in [0.15, 0.2) is 11.6 Å². The Morgan fingerprint density at radius 3 is 0.898 bits per heavy atom. The van der Waals surface area contributed by atoms with Crippen molar-refractivity contribution in [3.05, 3.63) is 479 Å². The Balaban J connectivity index is 0.000000107. The van der Waals surface area contributed by atoms with Crippen LogP contribution in [0.2, 0.25) is 0 Å². The first kappa shape index (κ1) is 79.4. The number of nitrogens with zero attached hydrogens (tertiary/aromatic N) is 11. The third-order valence-corrected chi connectivity index (χ3v) is 26.8. The van der Waals surface area contributed by atoms with E-state index in [0.717, 1.165) is 195 Å². The summed E-state index contributed by atoms with van der Waals surface area (Å²) in [5.74, 6) is 2.55. The molecular weight excluding hydrogens is 1670 g/mol. The molecule has 0 bridgehead atoms. The molecule has 0 amide bonds. The predicted octanol–water partition coefficient (Wildman–Crippen LogP) is 32.0. The summed E-state index contributed by atoms with van der Waals surface area (Å²) in [6.07, 6.45) is 0. The molecule has 0 fully saturated rings. The molecule has 0 spiro atoms. The fourth-order valence-electron chi connectivity index (χ4n) is 20.2. The molecular formula is C126H79N11. The van der Waals surface area contributed by atoms with Crippen LogP contribution >= 0.6 is 0 Å². The van der Waals surface area contributed by atoms with E-state index < -0.39 is 0 Å². The quantitative estimate of drug-likeness (QED) is 0.118. The monoisotopic (exact) mass is 1750 g/mol. The largest absolute Gasteiger partial charge is 0.292 e. The normalized spacial score (nSPS) is 11.6. The Hall–Kier alpha value is -18.6. The Bertz CT molecular complexity index is 9610. The lowest BCUT2D eigenvalue weighted by Crippen LogP contribution is -1.99. The summed E-state index contributed by atoms with van der Waals surface area (Å²) in [4.78, 5) is 30.9. The van der Waals surface area contributed by atoms with Gasteiger partial charge in [0.05, 0.1) is 78.1 Å². The van der Waals surface area contributed by atoms with Gasteiger partial charge >= 0.3 is 0 Å². The molecule has 0 unspecified atom stereocenters. The molecule has 0 aliphatic heterocycles. The SMILES string of the molecule is c1ccc(-c2cc3c4ccccc4nc(-c4ccc(-c5ccc(-c6nc7ccccc7c7c6ccc6ccccc67)cc5)cc4)n3n2)cc1.c1ccc(-c2cc3c4ccccc4nc(-c4cccc(-c5nc6ccccc6c6c5ccc5ccccc56)c4)n3n2)cc1.c1ccc(-n2c(-c3cccc(-c4ccc(-c5nc6ccccc6c6c5ccc5ccccc56)cc4)c3)nc3ccccc32)cc1. The Labute approximate surface area is 787 Å². The minimum atomic E-state index is 0.799. The zero-order valence-electron chi connectivity index (χ0n) is 74.0. The van der Waals surface area contributed by atoms with E-state index in [9.17, 15) is 0 Å². The van der Waals surface area contributed by atoms with E-state index >= 15 is 0 Å². The molecule has 11 heteroatoms. The molecule has 0 aliphatic carbocycles. The second-order valence-electron chi connectivity index (χ2n) is 34.8. The third kappa shape index (κ3) is 14.1. The average molecular weight is 1750 g/mol. The van der Waals surface area contributed by atoms with Crippen molar-refractivity contribution < 1.29 is 0 Å². The maximum absolute atomic E-state index is 5.23. The number of fused-ring (bicyclic) bond motifs is 22. The van der Waals surface area contributed by atoms with Gasteiger partial charge in [0.2, 0.25) is 0 Å². The van der Waals surface area contributed by atoms with E-state index in [2.05, 4.69) is 423 Å². The van der Waals surface area contributed by atoms with Crippen LogP contribution < -0.4 is 0 Å². The number of para-hydroxylation sites is 8. The highest BCUT2D eigenvalue weighted by atomic mass is 15.3. The average Bonchev–Trinajstić information content (AvgIpc) is 1.60. The number of hydrogen-bond acceptors (Lipinski definition) is 8. The fourth-order valence-corrected chi connectivity index (χ4v) is 20.2. The van der Waals surface area contributed by atoms with E-state index in [0.29, 0.717) is 0 Å². The molecule has 137 heavy (non-hydrogen) atoms. The molecule has 0 radical (unpaired) electrons. The predicted molar refractivity (Wildman–Crippen MR) is 567 cm³/mol. The molecule has 8 heterocycles.